The van der Waals surface area contributed by atoms with Crippen LogP contribution in [0.2, 0.25) is 0 Å². The molecule has 1 aliphatic rings. The summed E-state index contributed by atoms with van der Waals surface area (Å²) in [5.74, 6) is 0.171. The van der Waals surface area contributed by atoms with Gasteiger partial charge in [0.25, 0.3) is 0 Å². The third-order valence-electron chi connectivity index (χ3n) is 4.71. The Kier molecular flexibility index (Phi) is 4.78. The molecule has 5 nitrogen and oxygen atoms in total. The average Bonchev–Trinajstić information content (AvgIpc) is 2.95. The summed E-state index contributed by atoms with van der Waals surface area (Å²) in [6.07, 6.45) is 5.16. The predicted molar refractivity (Wildman–Crippen MR) is 95.9 cm³/mol. The van der Waals surface area contributed by atoms with Gasteiger partial charge in [-0.05, 0) is 62.8 Å². The van der Waals surface area contributed by atoms with E-state index in [0.29, 0.717) is 6.42 Å². The van der Waals surface area contributed by atoms with E-state index in [4.69, 9.17) is 0 Å². The first-order valence-electron chi connectivity index (χ1n) is 8.55. The average molecular weight is 347 g/mol. The molecule has 0 bridgehead atoms. The van der Waals surface area contributed by atoms with Crippen molar-refractivity contribution < 1.29 is 8.42 Å². The summed E-state index contributed by atoms with van der Waals surface area (Å²) in [6.45, 7) is 6.07. The molecule has 3 rings (SSSR count). The van der Waals surface area contributed by atoms with Gasteiger partial charge in [-0.3, -0.25) is 0 Å². The normalized spacial score (nSPS) is 17.7. The first kappa shape index (κ1) is 17.2. The summed E-state index contributed by atoms with van der Waals surface area (Å²) in [7, 11) is -3.23. The SMILES string of the molecule is CCCS(=O)(=O)N[C@@H]1CCCc2c1cnn2-c1ccc(C)c(C)c1. The van der Waals surface area contributed by atoms with Crippen LogP contribution in [-0.2, 0) is 16.4 Å². The molecular formula is C18H25N3O2S. The maximum absolute atomic E-state index is 12.1. The second-order valence-electron chi connectivity index (χ2n) is 6.61. The van der Waals surface area contributed by atoms with Crippen molar-refractivity contribution in [2.75, 3.05) is 5.75 Å². The highest BCUT2D eigenvalue weighted by molar-refractivity contribution is 7.89. The standard InChI is InChI=1S/C18H25N3O2S/c1-4-10-24(22,23)20-17-6-5-7-18-16(17)12-19-21(18)15-9-8-13(2)14(3)11-15/h8-9,11-12,17,20H,4-7,10H2,1-3H3/t17-/m1/s1. The summed E-state index contributed by atoms with van der Waals surface area (Å²) in [4.78, 5) is 0. The van der Waals surface area contributed by atoms with Gasteiger partial charge in [-0.1, -0.05) is 13.0 Å². The van der Waals surface area contributed by atoms with Crippen LogP contribution in [0.4, 0.5) is 0 Å². The van der Waals surface area contributed by atoms with Crippen molar-refractivity contribution in [3.05, 3.63) is 46.8 Å². The number of aromatic nitrogens is 2. The van der Waals surface area contributed by atoms with Gasteiger partial charge >= 0.3 is 0 Å². The highest BCUT2D eigenvalue weighted by Crippen LogP contribution is 2.32. The number of benzene rings is 1. The van der Waals surface area contributed by atoms with Crippen molar-refractivity contribution in [1.82, 2.24) is 14.5 Å². The van der Waals surface area contributed by atoms with Crippen LogP contribution in [0.25, 0.3) is 5.69 Å². The molecule has 0 unspecified atom stereocenters. The van der Waals surface area contributed by atoms with E-state index in [0.717, 1.165) is 36.2 Å². The van der Waals surface area contributed by atoms with Crippen LogP contribution in [0.1, 0.15) is 54.6 Å². The maximum Gasteiger partial charge on any atom is 0.212 e. The molecular weight excluding hydrogens is 322 g/mol. The summed E-state index contributed by atoms with van der Waals surface area (Å²) < 4.78 is 29.1. The Morgan fingerprint density at radius 3 is 2.79 bits per heavy atom. The van der Waals surface area contributed by atoms with E-state index < -0.39 is 10.0 Å². The van der Waals surface area contributed by atoms with Crippen molar-refractivity contribution in [3.8, 4) is 5.69 Å². The highest BCUT2D eigenvalue weighted by atomic mass is 32.2. The Bertz CT molecular complexity index is 840. The Labute approximate surface area is 144 Å². The number of aryl methyl sites for hydroxylation is 2. The molecule has 1 aromatic heterocycles. The van der Waals surface area contributed by atoms with Gasteiger partial charge in [-0.2, -0.15) is 5.10 Å². The van der Waals surface area contributed by atoms with Crippen LogP contribution in [0, 0.1) is 13.8 Å². The Morgan fingerprint density at radius 1 is 1.29 bits per heavy atom. The minimum atomic E-state index is -3.23. The minimum absolute atomic E-state index is 0.161. The fraction of sp³-hybridized carbons (Fsp3) is 0.500. The summed E-state index contributed by atoms with van der Waals surface area (Å²) in [5, 5.41) is 4.55. The van der Waals surface area contributed by atoms with E-state index in [9.17, 15) is 8.42 Å². The van der Waals surface area contributed by atoms with Crippen LogP contribution < -0.4 is 4.72 Å². The lowest BCUT2D eigenvalue weighted by Gasteiger charge is -2.24. The van der Waals surface area contributed by atoms with Gasteiger partial charge in [0, 0.05) is 11.3 Å². The smallest absolute Gasteiger partial charge is 0.212 e. The molecule has 24 heavy (non-hydrogen) atoms. The van der Waals surface area contributed by atoms with Gasteiger partial charge in [0.15, 0.2) is 0 Å². The largest absolute Gasteiger partial charge is 0.237 e. The van der Waals surface area contributed by atoms with Crippen molar-refractivity contribution in [2.24, 2.45) is 0 Å². The third-order valence-corrected chi connectivity index (χ3v) is 6.30. The number of hydrogen-bond acceptors (Lipinski definition) is 3. The van der Waals surface area contributed by atoms with Crippen molar-refractivity contribution in [3.63, 3.8) is 0 Å². The second kappa shape index (κ2) is 6.69. The van der Waals surface area contributed by atoms with Crippen molar-refractivity contribution >= 4 is 10.0 Å². The van der Waals surface area contributed by atoms with Crippen LogP contribution in [-0.4, -0.2) is 24.0 Å². The van der Waals surface area contributed by atoms with E-state index in [2.05, 4.69) is 41.9 Å². The zero-order valence-electron chi connectivity index (χ0n) is 14.5. The first-order valence-corrected chi connectivity index (χ1v) is 10.2. The molecule has 1 aromatic carbocycles. The van der Waals surface area contributed by atoms with Gasteiger partial charge in [-0.25, -0.2) is 17.8 Å². The molecule has 1 aliphatic carbocycles. The number of sulfonamides is 1. The quantitative estimate of drug-likeness (QED) is 0.903. The fourth-order valence-corrected chi connectivity index (χ4v) is 4.64. The molecule has 0 spiro atoms. The first-order chi connectivity index (χ1) is 11.4. The monoisotopic (exact) mass is 347 g/mol. The molecule has 0 radical (unpaired) electrons. The van der Waals surface area contributed by atoms with Gasteiger partial charge in [-0.15, -0.1) is 0 Å². The molecule has 6 heteroatoms. The number of hydrogen-bond donors (Lipinski definition) is 1. The Balaban J connectivity index is 1.94. The van der Waals surface area contributed by atoms with E-state index >= 15 is 0 Å². The van der Waals surface area contributed by atoms with Crippen LogP contribution >= 0.6 is 0 Å². The van der Waals surface area contributed by atoms with Crippen LogP contribution in [0.3, 0.4) is 0 Å². The lowest BCUT2D eigenvalue weighted by molar-refractivity contribution is 0.501. The van der Waals surface area contributed by atoms with Gasteiger partial charge in [0.1, 0.15) is 0 Å². The molecule has 130 valence electrons. The summed E-state index contributed by atoms with van der Waals surface area (Å²) in [6, 6.07) is 6.14. The van der Waals surface area contributed by atoms with Crippen molar-refractivity contribution in [2.45, 2.75) is 52.5 Å². The molecule has 2 aromatic rings. The number of nitrogens with zero attached hydrogens (tertiary/aromatic N) is 2. The van der Waals surface area contributed by atoms with Gasteiger partial charge in [0.2, 0.25) is 10.0 Å². The number of fused-ring (bicyclic) bond motifs is 1. The molecule has 1 N–H and O–H groups in total. The molecule has 0 fully saturated rings. The fourth-order valence-electron chi connectivity index (χ4n) is 3.30. The molecule has 0 aliphatic heterocycles. The number of rotatable bonds is 5. The van der Waals surface area contributed by atoms with Gasteiger partial charge in [0.05, 0.1) is 23.7 Å². The third kappa shape index (κ3) is 3.39. The molecule has 1 atom stereocenters. The minimum Gasteiger partial charge on any atom is -0.237 e. The Hall–Kier alpha value is -1.66. The lowest BCUT2D eigenvalue weighted by Crippen LogP contribution is -2.32. The second-order valence-corrected chi connectivity index (χ2v) is 8.48. The van der Waals surface area contributed by atoms with Crippen molar-refractivity contribution in [1.29, 1.82) is 0 Å². The highest BCUT2D eigenvalue weighted by Gasteiger charge is 2.27. The summed E-state index contributed by atoms with van der Waals surface area (Å²) in [5.41, 5.74) is 5.65. The molecule has 0 saturated carbocycles. The summed E-state index contributed by atoms with van der Waals surface area (Å²) >= 11 is 0. The van der Waals surface area contributed by atoms with Crippen LogP contribution in [0.5, 0.6) is 0 Å². The van der Waals surface area contributed by atoms with E-state index in [-0.39, 0.29) is 11.8 Å². The van der Waals surface area contributed by atoms with Gasteiger partial charge < -0.3 is 0 Å². The predicted octanol–water partition coefficient (Wildman–Crippen LogP) is 3.20. The van der Waals surface area contributed by atoms with Crippen LogP contribution in [0.15, 0.2) is 24.4 Å². The van der Waals surface area contributed by atoms with E-state index in [1.807, 2.05) is 17.8 Å². The Morgan fingerprint density at radius 2 is 2.08 bits per heavy atom. The number of nitrogens with one attached hydrogen (secondary N) is 1. The lowest BCUT2D eigenvalue weighted by atomic mass is 9.93. The molecule has 0 amide bonds. The zero-order chi connectivity index (χ0) is 17.3. The topological polar surface area (TPSA) is 64.0 Å². The molecule has 1 heterocycles. The molecule has 0 saturated heterocycles. The van der Waals surface area contributed by atoms with E-state index in [1.165, 1.54) is 11.1 Å². The maximum atomic E-state index is 12.1. The zero-order valence-corrected chi connectivity index (χ0v) is 15.4. The van der Waals surface area contributed by atoms with E-state index in [1.54, 1.807) is 0 Å².